The fraction of sp³-hybridized carbons (Fsp3) is 0.571. The number of hydrogen-bond donors (Lipinski definition) is 0. The van der Waals surface area contributed by atoms with Crippen molar-refractivity contribution in [2.75, 3.05) is 13.1 Å². The molecular formula is C28H38FN3O. The van der Waals surface area contributed by atoms with Gasteiger partial charge in [0.1, 0.15) is 5.82 Å². The summed E-state index contributed by atoms with van der Waals surface area (Å²) in [6.45, 7) is 12.8. The number of halogens is 1. The van der Waals surface area contributed by atoms with Crippen molar-refractivity contribution in [1.29, 1.82) is 0 Å². The molecule has 0 aliphatic heterocycles. The molecule has 0 N–H and O–H groups in total. The van der Waals surface area contributed by atoms with Crippen LogP contribution in [0.25, 0.3) is 5.69 Å². The second kappa shape index (κ2) is 9.82. The summed E-state index contributed by atoms with van der Waals surface area (Å²) in [7, 11) is 0. The fourth-order valence-corrected chi connectivity index (χ4v) is 5.40. The van der Waals surface area contributed by atoms with Crippen molar-refractivity contribution in [3.63, 3.8) is 0 Å². The van der Waals surface area contributed by atoms with E-state index in [-0.39, 0.29) is 17.7 Å². The Kier molecular flexibility index (Phi) is 7.06. The molecule has 0 bridgehead atoms. The molecule has 4 rings (SSSR count). The van der Waals surface area contributed by atoms with E-state index in [0.29, 0.717) is 17.7 Å². The summed E-state index contributed by atoms with van der Waals surface area (Å²) in [6.07, 6.45) is 6.77. The first kappa shape index (κ1) is 23.7. The average Bonchev–Trinajstić information content (AvgIpc) is 3.39. The summed E-state index contributed by atoms with van der Waals surface area (Å²) < 4.78 is 15.4. The van der Waals surface area contributed by atoms with Crippen LogP contribution in [-0.2, 0) is 11.2 Å². The second-order valence-corrected chi connectivity index (χ2v) is 10.7. The van der Waals surface area contributed by atoms with Crippen LogP contribution < -0.4 is 0 Å². The number of nitrogens with zero attached hydrogens (tertiary/aromatic N) is 3. The Morgan fingerprint density at radius 3 is 2.36 bits per heavy atom. The highest BCUT2D eigenvalue weighted by Gasteiger charge is 2.40. The Balaban J connectivity index is 1.57. The lowest BCUT2D eigenvalue weighted by molar-refractivity contribution is -0.134. The molecule has 33 heavy (non-hydrogen) atoms. The molecule has 1 aromatic heterocycles. The van der Waals surface area contributed by atoms with E-state index in [1.54, 1.807) is 12.1 Å². The molecule has 1 heterocycles. The maximum Gasteiger partial charge on any atom is 0.229 e. The van der Waals surface area contributed by atoms with Crippen molar-refractivity contribution in [3.8, 4) is 5.69 Å². The number of fused-ring (bicyclic) bond motifs is 1. The van der Waals surface area contributed by atoms with Gasteiger partial charge in [0.2, 0.25) is 5.91 Å². The van der Waals surface area contributed by atoms with E-state index in [4.69, 9.17) is 0 Å². The van der Waals surface area contributed by atoms with Crippen LogP contribution in [0.15, 0.2) is 41.6 Å². The van der Waals surface area contributed by atoms with Gasteiger partial charge in [-0.15, -0.1) is 0 Å². The number of aromatic nitrogens is 2. The molecule has 178 valence electrons. The van der Waals surface area contributed by atoms with E-state index in [9.17, 15) is 9.18 Å². The average molecular weight is 452 g/mol. The van der Waals surface area contributed by atoms with Crippen LogP contribution >= 0.6 is 0 Å². The van der Waals surface area contributed by atoms with Crippen molar-refractivity contribution in [2.45, 2.75) is 72.6 Å². The van der Waals surface area contributed by atoms with Gasteiger partial charge >= 0.3 is 0 Å². The Bertz CT molecular complexity index is 1010. The minimum Gasteiger partial charge on any atom is -0.342 e. The molecule has 2 aromatic rings. The first-order valence-electron chi connectivity index (χ1n) is 12.6. The zero-order chi connectivity index (χ0) is 23.7. The number of carbonyl (C=O) groups is 1. The summed E-state index contributed by atoms with van der Waals surface area (Å²) in [6, 6.07) is 6.51. The van der Waals surface area contributed by atoms with Crippen molar-refractivity contribution in [3.05, 3.63) is 58.7 Å². The van der Waals surface area contributed by atoms with E-state index < -0.39 is 0 Å². The largest absolute Gasteiger partial charge is 0.342 e. The van der Waals surface area contributed by atoms with Gasteiger partial charge in [0.05, 0.1) is 23.5 Å². The zero-order valence-electron chi connectivity index (χ0n) is 20.8. The third-order valence-electron chi connectivity index (χ3n) is 7.37. The van der Waals surface area contributed by atoms with Crippen LogP contribution in [0.3, 0.4) is 0 Å². The lowest BCUT2D eigenvalue weighted by Gasteiger charge is -2.31. The van der Waals surface area contributed by atoms with Gasteiger partial charge in [-0.05, 0) is 61.8 Å². The highest BCUT2D eigenvalue weighted by Crippen LogP contribution is 2.47. The van der Waals surface area contributed by atoms with Gasteiger partial charge in [-0.3, -0.25) is 4.79 Å². The van der Waals surface area contributed by atoms with Crippen molar-refractivity contribution in [2.24, 2.45) is 17.8 Å². The topological polar surface area (TPSA) is 38.1 Å². The third-order valence-corrected chi connectivity index (χ3v) is 7.37. The van der Waals surface area contributed by atoms with Gasteiger partial charge in [0.15, 0.2) is 0 Å². The summed E-state index contributed by atoms with van der Waals surface area (Å²) >= 11 is 0. The molecule has 5 heteroatoms. The molecule has 0 saturated carbocycles. The molecule has 1 aromatic carbocycles. The smallest absolute Gasteiger partial charge is 0.229 e. The van der Waals surface area contributed by atoms with E-state index in [2.05, 4.69) is 44.6 Å². The molecule has 2 aliphatic rings. The highest BCUT2D eigenvalue weighted by molar-refractivity contribution is 5.83. The van der Waals surface area contributed by atoms with Crippen LogP contribution in [0.2, 0.25) is 0 Å². The van der Waals surface area contributed by atoms with Gasteiger partial charge in [-0.2, -0.15) is 5.10 Å². The lowest BCUT2D eigenvalue weighted by Crippen LogP contribution is -2.39. The maximum absolute atomic E-state index is 13.8. The Morgan fingerprint density at radius 2 is 1.76 bits per heavy atom. The molecule has 2 atom stereocenters. The van der Waals surface area contributed by atoms with E-state index >= 15 is 0 Å². The maximum atomic E-state index is 13.8. The number of allylic oxidation sites excluding steroid dienone is 1. The van der Waals surface area contributed by atoms with Crippen molar-refractivity contribution < 1.29 is 9.18 Å². The Hall–Kier alpha value is -2.43. The molecule has 0 unspecified atom stereocenters. The number of benzene rings is 1. The third kappa shape index (κ3) is 4.92. The molecular weight excluding hydrogens is 413 g/mol. The normalized spacial score (nSPS) is 19.9. The Labute approximate surface area is 197 Å². The number of amides is 1. The van der Waals surface area contributed by atoms with Crippen LogP contribution in [0.4, 0.5) is 4.39 Å². The molecule has 0 spiro atoms. The number of rotatable bonds is 8. The summed E-state index contributed by atoms with van der Waals surface area (Å²) in [5, 5.41) is 4.65. The predicted octanol–water partition coefficient (Wildman–Crippen LogP) is 6.30. The molecule has 1 amide bonds. The minimum atomic E-state index is -0.241. The minimum absolute atomic E-state index is 0.00311. The predicted molar refractivity (Wildman–Crippen MR) is 131 cm³/mol. The quantitative estimate of drug-likeness (QED) is 0.442. The van der Waals surface area contributed by atoms with Crippen molar-refractivity contribution >= 4 is 5.91 Å². The molecule has 0 fully saturated rings. The van der Waals surface area contributed by atoms with Crippen LogP contribution in [0.5, 0.6) is 0 Å². The van der Waals surface area contributed by atoms with Crippen LogP contribution in [-0.4, -0.2) is 33.7 Å². The van der Waals surface area contributed by atoms with Crippen molar-refractivity contribution in [1.82, 2.24) is 14.7 Å². The molecule has 0 saturated heterocycles. The second-order valence-electron chi connectivity index (χ2n) is 10.7. The van der Waals surface area contributed by atoms with Crippen LogP contribution in [0.1, 0.15) is 77.5 Å². The van der Waals surface area contributed by atoms with Gasteiger partial charge in [0, 0.05) is 31.0 Å². The Morgan fingerprint density at radius 1 is 1.12 bits per heavy atom. The molecule has 0 radical (unpaired) electrons. The SMILES string of the molecule is CC(C)CCN(CCC(C)C)C(=O)[C@@H]1CCC2=C1[C@@H](C)c1cnn(-c3ccc(F)cc3)c1C2. The monoisotopic (exact) mass is 451 g/mol. The van der Waals surface area contributed by atoms with E-state index in [1.165, 1.54) is 34.5 Å². The first-order valence-corrected chi connectivity index (χ1v) is 12.6. The van der Waals surface area contributed by atoms with E-state index in [1.807, 2.05) is 10.9 Å². The van der Waals surface area contributed by atoms with Gasteiger partial charge in [0.25, 0.3) is 0 Å². The lowest BCUT2D eigenvalue weighted by atomic mass is 9.79. The first-order chi connectivity index (χ1) is 15.8. The molecule has 4 nitrogen and oxygen atoms in total. The van der Waals surface area contributed by atoms with Gasteiger partial charge in [-0.1, -0.05) is 45.8 Å². The standard InChI is InChI=1S/C28H38FN3O/c1-18(2)12-14-31(15-13-19(3)4)28(33)24-11-6-21-16-26-25(20(5)27(21)24)17-30-32(26)23-9-7-22(29)8-10-23/h7-10,17-20,24H,6,11-16H2,1-5H3/t20-,24+/m0/s1. The number of carbonyl (C=O) groups excluding carboxylic acids is 1. The van der Waals surface area contributed by atoms with Crippen LogP contribution in [0, 0.1) is 23.6 Å². The zero-order valence-corrected chi connectivity index (χ0v) is 20.8. The fourth-order valence-electron chi connectivity index (χ4n) is 5.40. The van der Waals surface area contributed by atoms with Gasteiger partial charge < -0.3 is 4.90 Å². The molecule has 2 aliphatic carbocycles. The summed E-state index contributed by atoms with van der Waals surface area (Å²) in [5.41, 5.74) is 6.01. The van der Waals surface area contributed by atoms with E-state index in [0.717, 1.165) is 50.9 Å². The number of hydrogen-bond acceptors (Lipinski definition) is 2. The summed E-state index contributed by atoms with van der Waals surface area (Å²) in [5.74, 6) is 1.44. The summed E-state index contributed by atoms with van der Waals surface area (Å²) in [4.78, 5) is 15.9. The van der Waals surface area contributed by atoms with Gasteiger partial charge in [-0.25, -0.2) is 9.07 Å². The highest BCUT2D eigenvalue weighted by atomic mass is 19.1.